The summed E-state index contributed by atoms with van der Waals surface area (Å²) in [6, 6.07) is 2.51. The van der Waals surface area contributed by atoms with E-state index in [9.17, 15) is 0 Å². The van der Waals surface area contributed by atoms with Crippen molar-refractivity contribution in [3.63, 3.8) is 0 Å². The Labute approximate surface area is 119 Å². The van der Waals surface area contributed by atoms with Gasteiger partial charge in [0.05, 0.1) is 12.4 Å². The molecule has 2 heterocycles. The van der Waals surface area contributed by atoms with Gasteiger partial charge in [-0.3, -0.25) is 4.68 Å². The first-order valence-corrected chi connectivity index (χ1v) is 6.89. The molecule has 0 saturated carbocycles. The Morgan fingerprint density at radius 3 is 2.60 bits per heavy atom. The van der Waals surface area contributed by atoms with Gasteiger partial charge in [-0.15, -0.1) is 0 Å². The molecule has 2 rings (SSSR count). The fourth-order valence-corrected chi connectivity index (χ4v) is 1.98. The first-order chi connectivity index (χ1) is 9.45. The van der Waals surface area contributed by atoms with Crippen LogP contribution in [0.2, 0.25) is 0 Å². The smallest absolute Gasteiger partial charge is 0.222 e. The van der Waals surface area contributed by atoms with Crippen LogP contribution < -0.4 is 10.5 Å². The average molecular weight is 274 g/mol. The molecule has 5 nitrogen and oxygen atoms in total. The van der Waals surface area contributed by atoms with E-state index in [1.807, 2.05) is 30.9 Å². The zero-order chi connectivity index (χ0) is 14.7. The molecule has 1 atom stereocenters. The van der Waals surface area contributed by atoms with Crippen molar-refractivity contribution >= 4 is 0 Å². The second-order valence-electron chi connectivity index (χ2n) is 5.50. The van der Waals surface area contributed by atoms with Gasteiger partial charge < -0.3 is 10.5 Å². The van der Waals surface area contributed by atoms with Crippen molar-refractivity contribution in [2.45, 2.75) is 46.2 Å². The Morgan fingerprint density at radius 2 is 2.05 bits per heavy atom. The molecule has 0 fully saturated rings. The molecule has 1 unspecified atom stereocenters. The molecule has 0 saturated heterocycles. The van der Waals surface area contributed by atoms with Crippen molar-refractivity contribution in [1.82, 2.24) is 14.8 Å². The Balaban J connectivity index is 2.12. The minimum atomic E-state index is 0.132. The number of hydrogen-bond acceptors (Lipinski definition) is 4. The van der Waals surface area contributed by atoms with E-state index in [1.54, 1.807) is 6.20 Å². The van der Waals surface area contributed by atoms with E-state index in [4.69, 9.17) is 10.5 Å². The number of aryl methyl sites for hydroxylation is 1. The lowest BCUT2D eigenvalue weighted by Gasteiger charge is -2.09. The first kappa shape index (κ1) is 14.5. The zero-order valence-electron chi connectivity index (χ0n) is 12.5. The van der Waals surface area contributed by atoms with Gasteiger partial charge >= 0.3 is 0 Å². The SMILES string of the molecule is Cc1cc(CC(C)N)cnc1Oc1cnn(C(C)C)c1. The minimum Gasteiger partial charge on any atom is -0.435 e. The summed E-state index contributed by atoms with van der Waals surface area (Å²) in [6.07, 6.45) is 6.22. The highest BCUT2D eigenvalue weighted by molar-refractivity contribution is 5.32. The first-order valence-electron chi connectivity index (χ1n) is 6.89. The van der Waals surface area contributed by atoms with Gasteiger partial charge in [0.25, 0.3) is 0 Å². The lowest BCUT2D eigenvalue weighted by atomic mass is 10.1. The van der Waals surface area contributed by atoms with Gasteiger partial charge in [-0.1, -0.05) is 0 Å². The molecule has 5 heteroatoms. The normalized spacial score (nSPS) is 12.7. The summed E-state index contributed by atoms with van der Waals surface area (Å²) in [4.78, 5) is 4.37. The maximum Gasteiger partial charge on any atom is 0.222 e. The second kappa shape index (κ2) is 6.05. The highest BCUT2D eigenvalue weighted by Gasteiger charge is 2.08. The highest BCUT2D eigenvalue weighted by atomic mass is 16.5. The molecule has 0 spiro atoms. The van der Waals surface area contributed by atoms with E-state index in [0.717, 1.165) is 17.5 Å². The molecule has 2 aromatic rings. The number of nitrogens with two attached hydrogens (primary N) is 1. The van der Waals surface area contributed by atoms with Crippen LogP contribution in [-0.2, 0) is 6.42 Å². The molecule has 0 aliphatic rings. The van der Waals surface area contributed by atoms with E-state index < -0.39 is 0 Å². The molecule has 0 aromatic carbocycles. The number of rotatable bonds is 5. The summed E-state index contributed by atoms with van der Waals surface area (Å²) in [7, 11) is 0. The van der Waals surface area contributed by atoms with Gasteiger partial charge in [-0.2, -0.15) is 5.10 Å². The molecule has 0 bridgehead atoms. The van der Waals surface area contributed by atoms with Crippen LogP contribution in [0.25, 0.3) is 0 Å². The molecule has 0 aliphatic carbocycles. The predicted octanol–water partition coefficient (Wildman–Crippen LogP) is 2.85. The van der Waals surface area contributed by atoms with Gasteiger partial charge in [0, 0.05) is 23.8 Å². The van der Waals surface area contributed by atoms with E-state index in [0.29, 0.717) is 17.7 Å². The highest BCUT2D eigenvalue weighted by Crippen LogP contribution is 2.23. The number of nitrogens with zero attached hydrogens (tertiary/aromatic N) is 3. The Morgan fingerprint density at radius 1 is 1.30 bits per heavy atom. The van der Waals surface area contributed by atoms with Gasteiger partial charge in [-0.25, -0.2) is 4.98 Å². The minimum absolute atomic E-state index is 0.132. The summed E-state index contributed by atoms with van der Waals surface area (Å²) in [5.41, 5.74) is 7.93. The number of ether oxygens (including phenoxy) is 1. The second-order valence-corrected chi connectivity index (χ2v) is 5.50. The quantitative estimate of drug-likeness (QED) is 0.910. The van der Waals surface area contributed by atoms with E-state index >= 15 is 0 Å². The monoisotopic (exact) mass is 274 g/mol. The summed E-state index contributed by atoms with van der Waals surface area (Å²) in [5, 5.41) is 4.25. The van der Waals surface area contributed by atoms with E-state index in [2.05, 4.69) is 30.0 Å². The third-order valence-corrected chi connectivity index (χ3v) is 2.97. The standard InChI is InChI=1S/C15H22N4O/c1-10(2)19-9-14(8-18-19)20-15-11(3)5-13(7-17-15)6-12(4)16/h5,7-10,12H,6,16H2,1-4H3. The van der Waals surface area contributed by atoms with Crippen molar-refractivity contribution in [2.75, 3.05) is 0 Å². The van der Waals surface area contributed by atoms with Crippen molar-refractivity contribution in [3.05, 3.63) is 35.8 Å². The summed E-state index contributed by atoms with van der Waals surface area (Å²) < 4.78 is 7.63. The van der Waals surface area contributed by atoms with Crippen LogP contribution in [0.3, 0.4) is 0 Å². The third kappa shape index (κ3) is 3.57. The van der Waals surface area contributed by atoms with Crippen molar-refractivity contribution in [1.29, 1.82) is 0 Å². The molecule has 0 radical (unpaired) electrons. The number of pyridine rings is 1. The van der Waals surface area contributed by atoms with Gasteiger partial charge in [0.2, 0.25) is 5.88 Å². The molecule has 20 heavy (non-hydrogen) atoms. The molecular formula is C15H22N4O. The summed E-state index contributed by atoms with van der Waals surface area (Å²) in [5.74, 6) is 1.32. The van der Waals surface area contributed by atoms with E-state index in [-0.39, 0.29) is 6.04 Å². The topological polar surface area (TPSA) is 66.0 Å². The summed E-state index contributed by atoms with van der Waals surface area (Å²) in [6.45, 7) is 8.12. The number of hydrogen-bond donors (Lipinski definition) is 1. The van der Waals surface area contributed by atoms with Crippen molar-refractivity contribution in [2.24, 2.45) is 5.73 Å². The Hall–Kier alpha value is -1.88. The van der Waals surface area contributed by atoms with Crippen LogP contribution in [0.4, 0.5) is 0 Å². The lowest BCUT2D eigenvalue weighted by Crippen LogP contribution is -2.17. The molecule has 2 N–H and O–H groups in total. The molecule has 108 valence electrons. The van der Waals surface area contributed by atoms with Crippen LogP contribution in [0.5, 0.6) is 11.6 Å². The maximum atomic E-state index is 5.80. The lowest BCUT2D eigenvalue weighted by molar-refractivity contribution is 0.454. The van der Waals surface area contributed by atoms with E-state index in [1.165, 1.54) is 0 Å². The van der Waals surface area contributed by atoms with Crippen LogP contribution in [-0.4, -0.2) is 20.8 Å². The fraction of sp³-hybridized carbons (Fsp3) is 0.467. The van der Waals surface area contributed by atoms with Crippen LogP contribution in [0, 0.1) is 6.92 Å². The van der Waals surface area contributed by atoms with Crippen LogP contribution >= 0.6 is 0 Å². The molecule has 0 aliphatic heterocycles. The molecule has 0 amide bonds. The molecule has 2 aromatic heterocycles. The van der Waals surface area contributed by atoms with Gasteiger partial charge in [-0.05, 0) is 45.7 Å². The Bertz CT molecular complexity index is 575. The predicted molar refractivity (Wildman–Crippen MR) is 79.0 cm³/mol. The fourth-order valence-electron chi connectivity index (χ4n) is 1.98. The maximum absolute atomic E-state index is 5.80. The van der Waals surface area contributed by atoms with Crippen molar-refractivity contribution < 1.29 is 4.74 Å². The van der Waals surface area contributed by atoms with Crippen LogP contribution in [0.15, 0.2) is 24.7 Å². The van der Waals surface area contributed by atoms with Crippen molar-refractivity contribution in [3.8, 4) is 11.6 Å². The number of aromatic nitrogens is 3. The average Bonchev–Trinajstić information content (AvgIpc) is 2.80. The van der Waals surface area contributed by atoms with Gasteiger partial charge in [0.1, 0.15) is 0 Å². The van der Waals surface area contributed by atoms with Gasteiger partial charge in [0.15, 0.2) is 5.75 Å². The Kier molecular flexibility index (Phi) is 4.39. The summed E-state index contributed by atoms with van der Waals surface area (Å²) >= 11 is 0. The third-order valence-electron chi connectivity index (χ3n) is 2.97. The molecular weight excluding hydrogens is 252 g/mol. The largest absolute Gasteiger partial charge is 0.435 e. The zero-order valence-corrected chi connectivity index (χ0v) is 12.5. The van der Waals surface area contributed by atoms with Crippen LogP contribution in [0.1, 0.15) is 37.9 Å².